The van der Waals surface area contributed by atoms with E-state index < -0.39 is 5.97 Å². The zero-order valence-corrected chi connectivity index (χ0v) is 18.7. The number of pyridine rings is 1. The smallest absolute Gasteiger partial charge is 0.360 e. The van der Waals surface area contributed by atoms with Crippen LogP contribution in [0.2, 0.25) is 0 Å². The van der Waals surface area contributed by atoms with Crippen molar-refractivity contribution < 1.29 is 19.0 Å². The average Bonchev–Trinajstić information content (AvgIpc) is 2.84. The zero-order valence-electron chi connectivity index (χ0n) is 18.7. The molecular formula is C28H25NO4. The van der Waals surface area contributed by atoms with Crippen LogP contribution in [0.15, 0.2) is 91.1 Å². The molecule has 0 saturated heterocycles. The fraction of sp³-hybridized carbons (Fsp3) is 0.143. The highest BCUT2D eigenvalue weighted by molar-refractivity contribution is 5.92. The van der Waals surface area contributed by atoms with Crippen LogP contribution in [0, 0.1) is 6.92 Å². The number of hydrogen-bond acceptors (Lipinski definition) is 5. The van der Waals surface area contributed by atoms with Gasteiger partial charge in [0.2, 0.25) is 0 Å². The van der Waals surface area contributed by atoms with E-state index >= 15 is 0 Å². The van der Waals surface area contributed by atoms with Gasteiger partial charge in [-0.25, -0.2) is 9.78 Å². The first kappa shape index (κ1) is 22.1. The molecule has 5 nitrogen and oxygen atoms in total. The molecule has 0 atom stereocenters. The number of carbonyl (C=O) groups is 1. The number of para-hydroxylation sites is 1. The quantitative estimate of drug-likeness (QED) is 0.289. The van der Waals surface area contributed by atoms with E-state index in [1.54, 1.807) is 13.1 Å². The molecule has 166 valence electrons. The van der Waals surface area contributed by atoms with Gasteiger partial charge in [0.05, 0.1) is 6.61 Å². The summed E-state index contributed by atoms with van der Waals surface area (Å²) in [7, 11) is 0. The SMILES string of the molecule is CCOC(=O)c1ncc(-c2cccc(Oc3ccccc3)c2)c(C)c1OCc1ccccc1. The Morgan fingerprint density at radius 1 is 0.879 bits per heavy atom. The molecule has 5 heteroatoms. The van der Waals surface area contributed by atoms with E-state index in [-0.39, 0.29) is 12.3 Å². The number of aromatic nitrogens is 1. The maximum Gasteiger partial charge on any atom is 0.360 e. The Kier molecular flexibility index (Phi) is 7.00. The van der Waals surface area contributed by atoms with Crippen LogP contribution < -0.4 is 9.47 Å². The van der Waals surface area contributed by atoms with E-state index in [1.165, 1.54) is 0 Å². The Balaban J connectivity index is 1.68. The standard InChI is InChI=1S/C28H25NO4/c1-3-31-28(30)26-27(32-19-21-11-6-4-7-12-21)20(2)25(18-29-26)22-13-10-16-24(17-22)33-23-14-8-5-9-15-23/h4-18H,3,19H2,1-2H3. The molecule has 0 bridgehead atoms. The van der Waals surface area contributed by atoms with E-state index in [2.05, 4.69) is 4.98 Å². The number of hydrogen-bond donors (Lipinski definition) is 0. The number of ether oxygens (including phenoxy) is 3. The zero-order chi connectivity index (χ0) is 23.0. The van der Waals surface area contributed by atoms with Gasteiger partial charge in [0, 0.05) is 17.3 Å². The minimum absolute atomic E-state index is 0.172. The Hall–Kier alpha value is -4.12. The average molecular weight is 440 g/mol. The summed E-state index contributed by atoms with van der Waals surface area (Å²) in [6.07, 6.45) is 1.68. The Labute approximate surface area is 193 Å². The van der Waals surface area contributed by atoms with Crippen molar-refractivity contribution in [2.75, 3.05) is 6.61 Å². The molecule has 0 radical (unpaired) electrons. The van der Waals surface area contributed by atoms with Crippen LogP contribution in [0.3, 0.4) is 0 Å². The van der Waals surface area contributed by atoms with E-state index in [0.717, 1.165) is 28.0 Å². The molecule has 0 aliphatic rings. The van der Waals surface area contributed by atoms with E-state index in [0.29, 0.717) is 18.1 Å². The van der Waals surface area contributed by atoms with Crippen molar-refractivity contribution in [3.05, 3.63) is 108 Å². The molecule has 0 amide bonds. The number of rotatable bonds is 8. The molecule has 0 saturated carbocycles. The van der Waals surface area contributed by atoms with Crippen molar-refractivity contribution in [3.8, 4) is 28.4 Å². The fourth-order valence-corrected chi connectivity index (χ4v) is 3.48. The van der Waals surface area contributed by atoms with Crippen molar-refractivity contribution >= 4 is 5.97 Å². The molecule has 0 fully saturated rings. The first-order valence-corrected chi connectivity index (χ1v) is 10.8. The molecule has 4 rings (SSSR count). The van der Waals surface area contributed by atoms with E-state index in [4.69, 9.17) is 14.2 Å². The third-order valence-electron chi connectivity index (χ3n) is 5.10. The molecule has 0 aliphatic heterocycles. The molecule has 0 aliphatic carbocycles. The van der Waals surface area contributed by atoms with Crippen LogP contribution in [0.5, 0.6) is 17.2 Å². The number of esters is 1. The molecule has 0 spiro atoms. The minimum atomic E-state index is -0.503. The third-order valence-corrected chi connectivity index (χ3v) is 5.10. The maximum absolute atomic E-state index is 12.5. The van der Waals surface area contributed by atoms with Crippen LogP contribution in [0.25, 0.3) is 11.1 Å². The lowest BCUT2D eigenvalue weighted by Crippen LogP contribution is -2.12. The summed E-state index contributed by atoms with van der Waals surface area (Å²) in [5.74, 6) is 1.38. The van der Waals surface area contributed by atoms with Gasteiger partial charge in [-0.05, 0) is 49.2 Å². The molecule has 1 heterocycles. The Morgan fingerprint density at radius 3 is 2.30 bits per heavy atom. The lowest BCUT2D eigenvalue weighted by molar-refractivity contribution is 0.0513. The Bertz CT molecular complexity index is 1220. The predicted octanol–water partition coefficient (Wildman–Crippen LogP) is 6.61. The van der Waals surface area contributed by atoms with Gasteiger partial charge in [0.25, 0.3) is 0 Å². The lowest BCUT2D eigenvalue weighted by atomic mass is 10.0. The van der Waals surface area contributed by atoms with Crippen LogP contribution in [0.4, 0.5) is 0 Å². The highest BCUT2D eigenvalue weighted by Gasteiger charge is 2.21. The second kappa shape index (κ2) is 10.5. The van der Waals surface area contributed by atoms with Gasteiger partial charge in [-0.2, -0.15) is 0 Å². The van der Waals surface area contributed by atoms with Gasteiger partial charge in [0.15, 0.2) is 11.4 Å². The van der Waals surface area contributed by atoms with Crippen molar-refractivity contribution in [1.29, 1.82) is 0 Å². The number of benzene rings is 3. The summed E-state index contributed by atoms with van der Waals surface area (Å²) in [6, 6.07) is 27.2. The maximum atomic E-state index is 12.5. The van der Waals surface area contributed by atoms with Crippen LogP contribution >= 0.6 is 0 Å². The third kappa shape index (κ3) is 5.39. The summed E-state index contributed by atoms with van der Waals surface area (Å²) >= 11 is 0. The Morgan fingerprint density at radius 2 is 1.58 bits per heavy atom. The van der Waals surface area contributed by atoms with Crippen LogP contribution in [0.1, 0.15) is 28.5 Å². The van der Waals surface area contributed by atoms with Gasteiger partial charge < -0.3 is 14.2 Å². The largest absolute Gasteiger partial charge is 0.486 e. The van der Waals surface area contributed by atoms with Crippen molar-refractivity contribution in [2.45, 2.75) is 20.5 Å². The molecule has 0 unspecified atom stereocenters. The predicted molar refractivity (Wildman–Crippen MR) is 128 cm³/mol. The summed E-state index contributed by atoms with van der Waals surface area (Å²) in [5.41, 5.74) is 3.74. The molecule has 1 aromatic heterocycles. The number of nitrogens with zero attached hydrogens (tertiary/aromatic N) is 1. The summed E-state index contributed by atoms with van der Waals surface area (Å²) in [4.78, 5) is 17.0. The monoisotopic (exact) mass is 439 g/mol. The molecular weight excluding hydrogens is 414 g/mol. The molecule has 3 aromatic carbocycles. The highest BCUT2D eigenvalue weighted by Crippen LogP contribution is 2.35. The highest BCUT2D eigenvalue weighted by atomic mass is 16.5. The molecule has 4 aromatic rings. The number of carbonyl (C=O) groups excluding carboxylic acids is 1. The van der Waals surface area contributed by atoms with Crippen LogP contribution in [-0.4, -0.2) is 17.6 Å². The summed E-state index contributed by atoms with van der Waals surface area (Å²) < 4.78 is 17.3. The van der Waals surface area contributed by atoms with Crippen molar-refractivity contribution in [3.63, 3.8) is 0 Å². The van der Waals surface area contributed by atoms with E-state index in [1.807, 2.05) is 91.9 Å². The van der Waals surface area contributed by atoms with Gasteiger partial charge in [0.1, 0.15) is 18.1 Å². The minimum Gasteiger partial charge on any atom is -0.486 e. The first-order chi connectivity index (χ1) is 16.2. The molecule has 33 heavy (non-hydrogen) atoms. The van der Waals surface area contributed by atoms with Gasteiger partial charge in [-0.3, -0.25) is 0 Å². The second-order valence-corrected chi connectivity index (χ2v) is 7.41. The first-order valence-electron chi connectivity index (χ1n) is 10.8. The summed E-state index contributed by atoms with van der Waals surface area (Å²) in [5, 5.41) is 0. The fourth-order valence-electron chi connectivity index (χ4n) is 3.48. The summed E-state index contributed by atoms with van der Waals surface area (Å²) in [6.45, 7) is 4.27. The lowest BCUT2D eigenvalue weighted by Gasteiger charge is -2.16. The van der Waals surface area contributed by atoms with Gasteiger partial charge in [-0.1, -0.05) is 60.7 Å². The van der Waals surface area contributed by atoms with Crippen molar-refractivity contribution in [2.24, 2.45) is 0 Å². The second-order valence-electron chi connectivity index (χ2n) is 7.41. The van der Waals surface area contributed by atoms with E-state index in [9.17, 15) is 4.79 Å². The molecule has 0 N–H and O–H groups in total. The van der Waals surface area contributed by atoms with Crippen molar-refractivity contribution in [1.82, 2.24) is 4.98 Å². The van der Waals surface area contributed by atoms with Gasteiger partial charge >= 0.3 is 5.97 Å². The normalized spacial score (nSPS) is 10.5. The van der Waals surface area contributed by atoms with Crippen LogP contribution in [-0.2, 0) is 11.3 Å². The topological polar surface area (TPSA) is 57.7 Å². The van der Waals surface area contributed by atoms with Gasteiger partial charge in [-0.15, -0.1) is 0 Å².